The lowest BCUT2D eigenvalue weighted by molar-refractivity contribution is 0.101. The lowest BCUT2D eigenvalue weighted by Gasteiger charge is -2.11. The highest BCUT2D eigenvalue weighted by atomic mass is 16.5. The van der Waals surface area contributed by atoms with Crippen LogP contribution in [0.2, 0.25) is 0 Å². The maximum Gasteiger partial charge on any atom is 0.278 e. The van der Waals surface area contributed by atoms with Crippen LogP contribution in [0.15, 0.2) is 22.7 Å². The van der Waals surface area contributed by atoms with Crippen LogP contribution in [0.25, 0.3) is 0 Å². The zero-order valence-electron chi connectivity index (χ0n) is 13.3. The number of aryl methyl sites for hydroxylation is 1. The van der Waals surface area contributed by atoms with Crippen LogP contribution in [0.1, 0.15) is 41.1 Å². The van der Waals surface area contributed by atoms with Gasteiger partial charge in [0, 0.05) is 18.1 Å². The Morgan fingerprint density at radius 1 is 1.17 bits per heavy atom. The molecule has 0 radical (unpaired) electrons. The van der Waals surface area contributed by atoms with Gasteiger partial charge in [-0.15, -0.1) is 0 Å². The third kappa shape index (κ3) is 3.16. The molecule has 0 fully saturated rings. The molecule has 0 bridgehead atoms. The molecule has 0 atom stereocenters. The predicted octanol–water partition coefficient (Wildman–Crippen LogP) is 3.21. The SMILES string of the molecule is COc1ccc(NC(=O)c2noc3c2CCCCC3)c(OC)c1. The molecular formula is C17H20N2O4. The number of carbonyl (C=O) groups is 1. The quantitative estimate of drug-likeness (QED) is 0.877. The van der Waals surface area contributed by atoms with Crippen molar-refractivity contribution < 1.29 is 18.8 Å². The van der Waals surface area contributed by atoms with E-state index in [0.717, 1.165) is 43.4 Å². The van der Waals surface area contributed by atoms with Gasteiger partial charge in [0.25, 0.3) is 5.91 Å². The minimum absolute atomic E-state index is 0.277. The van der Waals surface area contributed by atoms with Gasteiger partial charge in [-0.3, -0.25) is 4.79 Å². The average molecular weight is 316 g/mol. The Morgan fingerprint density at radius 3 is 2.78 bits per heavy atom. The summed E-state index contributed by atoms with van der Waals surface area (Å²) in [6, 6.07) is 5.23. The highest BCUT2D eigenvalue weighted by Gasteiger charge is 2.23. The number of anilines is 1. The van der Waals surface area contributed by atoms with E-state index < -0.39 is 0 Å². The number of methoxy groups -OCH3 is 2. The van der Waals surface area contributed by atoms with Gasteiger partial charge in [0.1, 0.15) is 17.3 Å². The number of fused-ring (bicyclic) bond motifs is 1. The summed E-state index contributed by atoms with van der Waals surface area (Å²) in [4.78, 5) is 12.6. The standard InChI is InChI=1S/C17H20N2O4/c1-21-11-8-9-13(15(10-11)22-2)18-17(20)16-12-6-4-3-5-7-14(12)23-19-16/h8-10H,3-7H2,1-2H3,(H,18,20). The van der Waals surface area contributed by atoms with E-state index in [9.17, 15) is 4.79 Å². The second kappa shape index (κ2) is 6.73. The number of benzene rings is 1. The Kier molecular flexibility index (Phi) is 4.50. The van der Waals surface area contributed by atoms with E-state index in [1.54, 1.807) is 32.4 Å². The fourth-order valence-electron chi connectivity index (χ4n) is 2.82. The molecule has 1 aliphatic rings. The number of nitrogens with zero attached hydrogens (tertiary/aromatic N) is 1. The van der Waals surface area contributed by atoms with Crippen LogP contribution in [-0.4, -0.2) is 25.3 Å². The molecule has 1 amide bonds. The second-order valence-electron chi connectivity index (χ2n) is 5.51. The number of hydrogen-bond donors (Lipinski definition) is 1. The lowest BCUT2D eigenvalue weighted by atomic mass is 10.1. The summed E-state index contributed by atoms with van der Waals surface area (Å²) in [5.41, 5.74) is 1.89. The largest absolute Gasteiger partial charge is 0.497 e. The number of carbonyl (C=O) groups excluding carboxylic acids is 1. The molecule has 0 saturated carbocycles. The number of ether oxygens (including phenoxy) is 2. The summed E-state index contributed by atoms with van der Waals surface area (Å²) < 4.78 is 15.8. The first-order valence-electron chi connectivity index (χ1n) is 7.73. The van der Waals surface area contributed by atoms with Gasteiger partial charge in [-0.25, -0.2) is 0 Å². The third-order valence-electron chi connectivity index (χ3n) is 4.07. The van der Waals surface area contributed by atoms with Gasteiger partial charge >= 0.3 is 0 Å². The monoisotopic (exact) mass is 316 g/mol. The van der Waals surface area contributed by atoms with Crippen molar-refractivity contribution in [2.75, 3.05) is 19.5 Å². The van der Waals surface area contributed by atoms with E-state index >= 15 is 0 Å². The fourth-order valence-corrected chi connectivity index (χ4v) is 2.82. The number of rotatable bonds is 4. The molecule has 0 spiro atoms. The topological polar surface area (TPSA) is 73.6 Å². The summed E-state index contributed by atoms with van der Waals surface area (Å²) >= 11 is 0. The van der Waals surface area contributed by atoms with E-state index in [0.29, 0.717) is 22.9 Å². The maximum absolute atomic E-state index is 12.6. The van der Waals surface area contributed by atoms with Crippen LogP contribution >= 0.6 is 0 Å². The molecule has 0 unspecified atom stereocenters. The van der Waals surface area contributed by atoms with Gasteiger partial charge < -0.3 is 19.3 Å². The van der Waals surface area contributed by atoms with Crippen LogP contribution in [0.3, 0.4) is 0 Å². The van der Waals surface area contributed by atoms with Crippen molar-refractivity contribution in [3.05, 3.63) is 35.2 Å². The van der Waals surface area contributed by atoms with Crippen molar-refractivity contribution in [2.45, 2.75) is 32.1 Å². The van der Waals surface area contributed by atoms with Crippen molar-refractivity contribution in [1.29, 1.82) is 0 Å². The molecule has 0 saturated heterocycles. The van der Waals surface area contributed by atoms with Gasteiger partial charge in [0.05, 0.1) is 19.9 Å². The minimum Gasteiger partial charge on any atom is -0.497 e. The Morgan fingerprint density at radius 2 is 2.00 bits per heavy atom. The summed E-state index contributed by atoms with van der Waals surface area (Å²) in [5.74, 6) is 1.76. The minimum atomic E-state index is -0.277. The Bertz CT molecular complexity index is 709. The number of amides is 1. The van der Waals surface area contributed by atoms with Crippen LogP contribution < -0.4 is 14.8 Å². The molecule has 1 aromatic heterocycles. The third-order valence-corrected chi connectivity index (χ3v) is 4.07. The summed E-state index contributed by atoms with van der Waals surface area (Å²) in [6.45, 7) is 0. The van der Waals surface area contributed by atoms with E-state index in [2.05, 4.69) is 10.5 Å². The van der Waals surface area contributed by atoms with Crippen LogP contribution in [-0.2, 0) is 12.8 Å². The summed E-state index contributed by atoms with van der Waals surface area (Å²) in [5, 5.41) is 6.82. The Hall–Kier alpha value is -2.50. The van der Waals surface area contributed by atoms with Gasteiger partial charge in [0.15, 0.2) is 5.69 Å². The normalized spacial score (nSPS) is 13.8. The fraction of sp³-hybridized carbons (Fsp3) is 0.412. The van der Waals surface area contributed by atoms with Gasteiger partial charge in [0.2, 0.25) is 0 Å². The molecule has 23 heavy (non-hydrogen) atoms. The van der Waals surface area contributed by atoms with E-state index in [-0.39, 0.29) is 5.91 Å². The molecule has 1 aromatic carbocycles. The summed E-state index contributed by atoms with van der Waals surface area (Å²) in [6.07, 6.45) is 4.97. The van der Waals surface area contributed by atoms with Crippen molar-refractivity contribution >= 4 is 11.6 Å². The molecule has 2 aromatic rings. The highest BCUT2D eigenvalue weighted by Crippen LogP contribution is 2.30. The molecule has 6 nitrogen and oxygen atoms in total. The van der Waals surface area contributed by atoms with Crippen molar-refractivity contribution in [3.63, 3.8) is 0 Å². The van der Waals surface area contributed by atoms with E-state index in [1.165, 1.54) is 0 Å². The zero-order valence-corrected chi connectivity index (χ0v) is 13.3. The van der Waals surface area contributed by atoms with Gasteiger partial charge in [-0.05, 0) is 31.4 Å². The molecule has 6 heteroatoms. The molecule has 1 aliphatic carbocycles. The number of hydrogen-bond acceptors (Lipinski definition) is 5. The molecule has 3 rings (SSSR count). The first-order valence-corrected chi connectivity index (χ1v) is 7.73. The molecule has 0 aliphatic heterocycles. The second-order valence-corrected chi connectivity index (χ2v) is 5.51. The Labute approximate surface area is 134 Å². The van der Waals surface area contributed by atoms with E-state index in [4.69, 9.17) is 14.0 Å². The number of nitrogens with one attached hydrogen (secondary N) is 1. The van der Waals surface area contributed by atoms with Crippen LogP contribution in [0.5, 0.6) is 11.5 Å². The average Bonchev–Trinajstić information content (AvgIpc) is 2.84. The van der Waals surface area contributed by atoms with Gasteiger partial charge in [-0.2, -0.15) is 0 Å². The van der Waals surface area contributed by atoms with Gasteiger partial charge in [-0.1, -0.05) is 11.6 Å². The lowest BCUT2D eigenvalue weighted by Crippen LogP contribution is -2.15. The molecule has 1 N–H and O–H groups in total. The van der Waals surface area contributed by atoms with Crippen LogP contribution in [0.4, 0.5) is 5.69 Å². The maximum atomic E-state index is 12.6. The van der Waals surface area contributed by atoms with Crippen LogP contribution in [0, 0.1) is 0 Å². The summed E-state index contributed by atoms with van der Waals surface area (Å²) in [7, 11) is 3.13. The number of aromatic nitrogens is 1. The first-order chi connectivity index (χ1) is 11.2. The van der Waals surface area contributed by atoms with Crippen molar-refractivity contribution in [1.82, 2.24) is 5.16 Å². The predicted molar refractivity (Wildman–Crippen MR) is 85.3 cm³/mol. The zero-order chi connectivity index (χ0) is 16.2. The van der Waals surface area contributed by atoms with Crippen molar-refractivity contribution in [3.8, 4) is 11.5 Å². The molecule has 122 valence electrons. The highest BCUT2D eigenvalue weighted by molar-refractivity contribution is 6.04. The van der Waals surface area contributed by atoms with E-state index in [1.807, 2.05) is 0 Å². The Balaban J connectivity index is 1.84. The first kappa shape index (κ1) is 15.4. The molecule has 1 heterocycles. The van der Waals surface area contributed by atoms with Crippen molar-refractivity contribution in [2.24, 2.45) is 0 Å². The molecular weight excluding hydrogens is 296 g/mol. The smallest absolute Gasteiger partial charge is 0.278 e.